The third-order valence-corrected chi connectivity index (χ3v) is 5.71. The van der Waals surface area contributed by atoms with Gasteiger partial charge in [-0.15, -0.1) is 10.2 Å². The van der Waals surface area contributed by atoms with Crippen molar-refractivity contribution in [1.82, 2.24) is 30.0 Å². The zero-order chi connectivity index (χ0) is 22.1. The van der Waals surface area contributed by atoms with Gasteiger partial charge in [-0.1, -0.05) is 23.9 Å². The van der Waals surface area contributed by atoms with Crippen molar-refractivity contribution in [3.05, 3.63) is 41.7 Å². The second kappa shape index (κ2) is 8.30. The van der Waals surface area contributed by atoms with Gasteiger partial charge in [0.2, 0.25) is 11.1 Å². The van der Waals surface area contributed by atoms with Gasteiger partial charge in [0.25, 0.3) is 11.9 Å². The van der Waals surface area contributed by atoms with Gasteiger partial charge in [-0.3, -0.25) is 9.59 Å². The molecular weight excluding hydrogens is 420 g/mol. The van der Waals surface area contributed by atoms with Gasteiger partial charge in [0.1, 0.15) is 5.75 Å². The second-order valence-electron chi connectivity index (χ2n) is 6.97. The molecule has 1 unspecified atom stereocenters. The molecule has 3 heterocycles. The molecule has 162 valence electrons. The number of thioether (sulfide) groups is 1. The molecule has 1 atom stereocenters. The fraction of sp³-hybridized carbons (Fsp3) is 0.316. The Morgan fingerprint density at radius 1 is 1.29 bits per heavy atom. The van der Waals surface area contributed by atoms with E-state index in [0.29, 0.717) is 22.5 Å². The smallest absolute Gasteiger partial charge is 0.271 e. The van der Waals surface area contributed by atoms with Gasteiger partial charge in [-0.25, -0.2) is 9.36 Å². The van der Waals surface area contributed by atoms with Gasteiger partial charge in [-0.2, -0.15) is 5.10 Å². The minimum absolute atomic E-state index is 0.0568. The van der Waals surface area contributed by atoms with Crippen LogP contribution >= 0.6 is 11.8 Å². The highest BCUT2D eigenvalue weighted by atomic mass is 32.2. The van der Waals surface area contributed by atoms with Crippen molar-refractivity contribution in [1.29, 1.82) is 0 Å². The Morgan fingerprint density at radius 3 is 2.77 bits per heavy atom. The molecule has 0 radical (unpaired) electrons. The number of anilines is 1. The van der Waals surface area contributed by atoms with Crippen LogP contribution in [0.3, 0.4) is 0 Å². The Hall–Kier alpha value is -3.54. The highest BCUT2D eigenvalue weighted by molar-refractivity contribution is 7.99. The van der Waals surface area contributed by atoms with Crippen molar-refractivity contribution in [2.75, 3.05) is 30.1 Å². The number of amides is 2. The number of aromatic nitrogens is 5. The van der Waals surface area contributed by atoms with Crippen LogP contribution in [0, 0.1) is 13.8 Å². The van der Waals surface area contributed by atoms with Crippen molar-refractivity contribution in [2.24, 2.45) is 0 Å². The van der Waals surface area contributed by atoms with Gasteiger partial charge in [0, 0.05) is 12.7 Å². The Labute approximate surface area is 182 Å². The van der Waals surface area contributed by atoms with Crippen LogP contribution in [-0.2, 0) is 9.59 Å². The molecule has 4 rings (SSSR count). The van der Waals surface area contributed by atoms with Crippen molar-refractivity contribution >= 4 is 29.3 Å². The fourth-order valence-electron chi connectivity index (χ4n) is 3.32. The van der Waals surface area contributed by atoms with Gasteiger partial charge < -0.3 is 20.8 Å². The van der Waals surface area contributed by atoms with E-state index >= 15 is 0 Å². The Balaban J connectivity index is 1.51. The lowest BCUT2D eigenvalue weighted by Gasteiger charge is -2.33. The number of fused-ring (bicyclic) bond motifs is 1. The summed E-state index contributed by atoms with van der Waals surface area (Å²) < 4.78 is 8.64. The van der Waals surface area contributed by atoms with Crippen molar-refractivity contribution in [3.63, 3.8) is 0 Å². The van der Waals surface area contributed by atoms with Crippen LogP contribution < -0.4 is 20.8 Å². The minimum atomic E-state index is -0.787. The number of nitrogen functional groups attached to an aromatic ring is 1. The summed E-state index contributed by atoms with van der Waals surface area (Å²) in [7, 11) is 1.53. The fourth-order valence-corrected chi connectivity index (χ4v) is 4.04. The number of hydrogen-bond acceptors (Lipinski definition) is 8. The number of hydrogen-bond donors (Lipinski definition) is 2. The molecule has 0 fully saturated rings. The number of carbonyl (C=O) groups is 2. The molecular formula is C19H22N8O3S. The number of carbonyl (C=O) groups excluding carboxylic acids is 2. The molecule has 0 spiro atoms. The first-order chi connectivity index (χ1) is 14.9. The van der Waals surface area contributed by atoms with E-state index in [4.69, 9.17) is 10.6 Å². The second-order valence-corrected chi connectivity index (χ2v) is 7.92. The highest BCUT2D eigenvalue weighted by Crippen LogP contribution is 2.34. The SMILES string of the molecule is CNC(=O)C1CN(C(=O)CSc2nnc(-n3nc(C)cc3C)n2N)c2ccccc2O1. The van der Waals surface area contributed by atoms with E-state index in [9.17, 15) is 9.59 Å². The lowest BCUT2D eigenvalue weighted by Crippen LogP contribution is -2.50. The summed E-state index contributed by atoms with van der Waals surface area (Å²) in [6, 6.07) is 9.02. The number of aryl methyl sites for hydroxylation is 2. The van der Waals surface area contributed by atoms with Gasteiger partial charge >= 0.3 is 0 Å². The lowest BCUT2D eigenvalue weighted by atomic mass is 10.2. The van der Waals surface area contributed by atoms with E-state index in [-0.39, 0.29) is 24.1 Å². The molecule has 0 aliphatic carbocycles. The largest absolute Gasteiger partial charge is 0.477 e. The van der Waals surface area contributed by atoms with E-state index in [0.717, 1.165) is 23.1 Å². The van der Waals surface area contributed by atoms with E-state index < -0.39 is 6.10 Å². The molecule has 3 N–H and O–H groups in total. The summed E-state index contributed by atoms with van der Waals surface area (Å²) in [5, 5.41) is 15.5. The zero-order valence-electron chi connectivity index (χ0n) is 17.3. The molecule has 1 aromatic carbocycles. The number of benzene rings is 1. The first kappa shape index (κ1) is 20.7. The maximum atomic E-state index is 13.0. The molecule has 2 aromatic heterocycles. The van der Waals surface area contributed by atoms with Crippen molar-refractivity contribution in [2.45, 2.75) is 25.1 Å². The van der Waals surface area contributed by atoms with Crippen LogP contribution in [0.15, 0.2) is 35.5 Å². The molecule has 31 heavy (non-hydrogen) atoms. The minimum Gasteiger partial charge on any atom is -0.477 e. The number of likely N-dealkylation sites (N-methyl/N-ethyl adjacent to an activating group) is 1. The molecule has 1 aliphatic heterocycles. The standard InChI is InChI=1S/C19H22N8O3S/c1-11-8-12(2)27(24-11)18-22-23-19(26(18)20)31-10-16(28)25-9-15(17(29)21-3)30-14-7-5-4-6-13(14)25/h4-8,15H,9-10,20H2,1-3H3,(H,21,29). The summed E-state index contributed by atoms with van der Waals surface area (Å²) in [5.74, 6) is 6.54. The summed E-state index contributed by atoms with van der Waals surface area (Å²) in [5.41, 5.74) is 2.32. The topological polar surface area (TPSA) is 133 Å². The molecule has 12 heteroatoms. The van der Waals surface area contributed by atoms with Gasteiger partial charge in [-0.05, 0) is 32.0 Å². The molecule has 0 saturated heterocycles. The summed E-state index contributed by atoms with van der Waals surface area (Å²) in [4.78, 5) is 26.7. The highest BCUT2D eigenvalue weighted by Gasteiger charge is 2.33. The third-order valence-electron chi connectivity index (χ3n) is 4.78. The van der Waals surface area contributed by atoms with Crippen LogP contribution in [0.2, 0.25) is 0 Å². The van der Waals surface area contributed by atoms with E-state index in [1.807, 2.05) is 26.0 Å². The zero-order valence-corrected chi connectivity index (χ0v) is 18.1. The lowest BCUT2D eigenvalue weighted by molar-refractivity contribution is -0.127. The molecule has 0 bridgehead atoms. The molecule has 1 aliphatic rings. The van der Waals surface area contributed by atoms with Gasteiger partial charge in [0.15, 0.2) is 6.10 Å². The first-order valence-electron chi connectivity index (χ1n) is 9.53. The maximum absolute atomic E-state index is 13.0. The average molecular weight is 443 g/mol. The van der Waals surface area contributed by atoms with Crippen LogP contribution in [0.1, 0.15) is 11.4 Å². The van der Waals surface area contributed by atoms with Crippen molar-refractivity contribution < 1.29 is 14.3 Å². The molecule has 3 aromatic rings. The Kier molecular flexibility index (Phi) is 5.55. The van der Waals surface area contributed by atoms with Crippen LogP contribution in [0.25, 0.3) is 5.95 Å². The predicted molar refractivity (Wildman–Crippen MR) is 115 cm³/mol. The number of ether oxygens (including phenoxy) is 1. The van der Waals surface area contributed by atoms with Crippen LogP contribution in [-0.4, -0.2) is 61.9 Å². The third kappa shape index (κ3) is 3.93. The summed E-state index contributed by atoms with van der Waals surface area (Å²) >= 11 is 1.16. The number of rotatable bonds is 5. The normalized spacial score (nSPS) is 15.3. The molecule has 11 nitrogen and oxygen atoms in total. The number of nitrogens with zero attached hydrogens (tertiary/aromatic N) is 6. The van der Waals surface area contributed by atoms with Crippen LogP contribution in [0.5, 0.6) is 5.75 Å². The number of nitrogens with one attached hydrogen (secondary N) is 1. The first-order valence-corrected chi connectivity index (χ1v) is 10.5. The Bertz CT molecular complexity index is 1140. The van der Waals surface area contributed by atoms with E-state index in [2.05, 4.69) is 20.6 Å². The van der Waals surface area contributed by atoms with Crippen molar-refractivity contribution in [3.8, 4) is 11.7 Å². The Morgan fingerprint density at radius 2 is 2.06 bits per heavy atom. The monoisotopic (exact) mass is 442 g/mol. The van der Waals surface area contributed by atoms with Crippen LogP contribution in [0.4, 0.5) is 5.69 Å². The number of nitrogens with two attached hydrogens (primary N) is 1. The summed E-state index contributed by atoms with van der Waals surface area (Å²) in [6.45, 7) is 3.88. The molecule has 2 amide bonds. The maximum Gasteiger partial charge on any atom is 0.271 e. The quantitative estimate of drug-likeness (QED) is 0.429. The predicted octanol–water partition coefficient (Wildman–Crippen LogP) is 0.427. The van der Waals surface area contributed by atoms with E-state index in [1.54, 1.807) is 27.8 Å². The average Bonchev–Trinajstić information content (AvgIpc) is 3.30. The molecule has 0 saturated carbocycles. The number of para-hydroxylation sites is 2. The van der Waals surface area contributed by atoms with E-state index in [1.165, 1.54) is 11.7 Å². The van der Waals surface area contributed by atoms with Gasteiger partial charge in [0.05, 0.1) is 23.7 Å². The summed E-state index contributed by atoms with van der Waals surface area (Å²) in [6.07, 6.45) is -0.787.